The van der Waals surface area contributed by atoms with Crippen LogP contribution in [0.1, 0.15) is 40.0 Å². The van der Waals surface area contributed by atoms with Gasteiger partial charge in [0.05, 0.1) is 11.4 Å². The highest BCUT2D eigenvalue weighted by Gasteiger charge is 2.11. The Morgan fingerprint density at radius 1 is 1.42 bits per heavy atom. The lowest BCUT2D eigenvalue weighted by molar-refractivity contribution is 0.0957. The van der Waals surface area contributed by atoms with Crippen LogP contribution >= 0.6 is 11.3 Å². The van der Waals surface area contributed by atoms with E-state index in [1.807, 2.05) is 17.7 Å². The molecule has 0 aliphatic heterocycles. The van der Waals surface area contributed by atoms with Crippen LogP contribution in [0.25, 0.3) is 0 Å². The smallest absolute Gasteiger partial charge is 0.275 e. The molecule has 0 bridgehead atoms. The molecule has 2 aromatic rings. The van der Waals surface area contributed by atoms with Crippen molar-refractivity contribution >= 4 is 17.2 Å². The van der Waals surface area contributed by atoms with Crippen LogP contribution in [0, 0.1) is 0 Å². The monoisotopic (exact) mass is 279 g/mol. The summed E-state index contributed by atoms with van der Waals surface area (Å²) in [5.74, 6) is 6.67. The Morgan fingerprint density at radius 3 is 2.84 bits per heavy atom. The van der Waals surface area contributed by atoms with Crippen molar-refractivity contribution in [3.8, 4) is 0 Å². The third kappa shape index (κ3) is 2.99. The van der Waals surface area contributed by atoms with Crippen molar-refractivity contribution in [1.29, 1.82) is 0 Å². The third-order valence-electron chi connectivity index (χ3n) is 2.75. The highest BCUT2D eigenvalue weighted by molar-refractivity contribution is 7.14. The van der Waals surface area contributed by atoms with Crippen LogP contribution in [0.3, 0.4) is 0 Å². The maximum absolute atomic E-state index is 11.4. The van der Waals surface area contributed by atoms with Crippen molar-refractivity contribution in [2.24, 2.45) is 5.84 Å². The van der Waals surface area contributed by atoms with E-state index in [1.54, 1.807) is 6.07 Å². The Labute approximate surface area is 115 Å². The quantitative estimate of drug-likeness (QED) is 0.488. The molecule has 0 radical (unpaired) electrons. The molecule has 0 unspecified atom stereocenters. The highest BCUT2D eigenvalue weighted by atomic mass is 32.1. The maximum Gasteiger partial charge on any atom is 0.275 e. The summed E-state index contributed by atoms with van der Waals surface area (Å²) in [6, 6.07) is 3.69. The normalized spacial score (nSPS) is 10.7. The molecule has 0 aliphatic carbocycles. The number of nitrogens with zero attached hydrogens (tertiary/aromatic N) is 3. The maximum atomic E-state index is 11.4. The lowest BCUT2D eigenvalue weighted by Crippen LogP contribution is -2.29. The number of aryl methyl sites for hydroxylation is 2. The average molecular weight is 279 g/mol. The lowest BCUT2D eigenvalue weighted by atomic mass is 10.4. The first-order valence-corrected chi connectivity index (χ1v) is 7.01. The van der Waals surface area contributed by atoms with E-state index in [4.69, 9.17) is 5.84 Å². The van der Waals surface area contributed by atoms with Crippen molar-refractivity contribution in [2.75, 3.05) is 0 Å². The number of nitrogens with one attached hydrogen (secondary N) is 1. The van der Waals surface area contributed by atoms with Crippen LogP contribution in [0.15, 0.2) is 12.1 Å². The average Bonchev–Trinajstić information content (AvgIpc) is 3.05. The molecule has 19 heavy (non-hydrogen) atoms. The Morgan fingerprint density at radius 2 is 2.21 bits per heavy atom. The van der Waals surface area contributed by atoms with E-state index in [9.17, 15) is 4.79 Å². The topological polar surface area (TPSA) is 85.8 Å². The van der Waals surface area contributed by atoms with Crippen molar-refractivity contribution in [1.82, 2.24) is 20.2 Å². The predicted octanol–water partition coefficient (Wildman–Crippen LogP) is 1.12. The van der Waals surface area contributed by atoms with Gasteiger partial charge in [-0.1, -0.05) is 13.8 Å². The van der Waals surface area contributed by atoms with Crippen molar-refractivity contribution in [3.63, 3.8) is 0 Å². The summed E-state index contributed by atoms with van der Waals surface area (Å²) < 4.78 is 1.90. The molecule has 1 amide bonds. The minimum absolute atomic E-state index is 0.264. The molecule has 0 saturated heterocycles. The first kappa shape index (κ1) is 13.7. The summed E-state index contributed by atoms with van der Waals surface area (Å²) in [5.41, 5.74) is 2.13. The minimum atomic E-state index is -0.264. The fraction of sp³-hybridized carbons (Fsp3) is 0.417. The number of carbonyl (C=O) groups is 1. The van der Waals surface area contributed by atoms with Crippen LogP contribution in [0.5, 0.6) is 0 Å². The Bertz CT molecular complexity index is 574. The van der Waals surface area contributed by atoms with Crippen LogP contribution in [0.2, 0.25) is 0 Å². The predicted molar refractivity (Wildman–Crippen MR) is 73.9 cm³/mol. The number of hydrazine groups is 1. The summed E-state index contributed by atoms with van der Waals surface area (Å²) >= 11 is 1.42. The highest BCUT2D eigenvalue weighted by Crippen LogP contribution is 2.18. The fourth-order valence-corrected chi connectivity index (χ4v) is 2.66. The number of carbonyl (C=O) groups excluding carboxylic acids is 1. The molecular formula is C12H17N5OS. The Balaban J connectivity index is 2.18. The summed E-state index contributed by atoms with van der Waals surface area (Å²) in [4.78, 5) is 17.5. The molecule has 7 heteroatoms. The molecule has 2 aromatic heterocycles. The summed E-state index contributed by atoms with van der Waals surface area (Å²) in [6.07, 6.45) is 1.67. The fourth-order valence-electron chi connectivity index (χ4n) is 1.77. The van der Waals surface area contributed by atoms with Crippen LogP contribution in [-0.4, -0.2) is 20.7 Å². The van der Waals surface area contributed by atoms with Crippen molar-refractivity contribution in [2.45, 2.75) is 33.2 Å². The van der Waals surface area contributed by atoms with E-state index in [0.717, 1.165) is 29.4 Å². The lowest BCUT2D eigenvalue weighted by Gasteiger charge is -2.01. The molecule has 0 atom stereocenters. The minimum Gasteiger partial charge on any atom is -0.289 e. The molecule has 6 nitrogen and oxygen atoms in total. The summed E-state index contributed by atoms with van der Waals surface area (Å²) in [7, 11) is 0. The van der Waals surface area contributed by atoms with Crippen LogP contribution in [-0.2, 0) is 19.4 Å². The number of hydrogen-bond acceptors (Lipinski definition) is 5. The Hall–Kier alpha value is -1.73. The Kier molecular flexibility index (Phi) is 4.28. The molecule has 0 spiro atoms. The van der Waals surface area contributed by atoms with Crippen molar-refractivity contribution < 1.29 is 4.79 Å². The zero-order chi connectivity index (χ0) is 13.8. The zero-order valence-corrected chi connectivity index (χ0v) is 11.8. The van der Waals surface area contributed by atoms with Gasteiger partial charge in [0, 0.05) is 17.7 Å². The van der Waals surface area contributed by atoms with Gasteiger partial charge in [0.15, 0.2) is 5.82 Å². The van der Waals surface area contributed by atoms with Crippen LogP contribution < -0.4 is 11.3 Å². The SMILES string of the molecule is CCc1nc(CC)n(Cc2ccc(C(=O)NN)s2)n1. The zero-order valence-electron chi connectivity index (χ0n) is 11.0. The van der Waals surface area contributed by atoms with E-state index >= 15 is 0 Å². The van der Waals surface area contributed by atoms with Crippen molar-refractivity contribution in [3.05, 3.63) is 33.5 Å². The molecule has 0 fully saturated rings. The van der Waals surface area contributed by atoms with E-state index in [2.05, 4.69) is 22.4 Å². The van der Waals surface area contributed by atoms with Gasteiger partial charge in [-0.2, -0.15) is 5.10 Å². The van der Waals surface area contributed by atoms with E-state index in [-0.39, 0.29) is 5.91 Å². The second kappa shape index (κ2) is 5.94. The summed E-state index contributed by atoms with van der Waals surface area (Å²) in [6.45, 7) is 4.73. The van der Waals surface area contributed by atoms with Gasteiger partial charge in [-0.05, 0) is 12.1 Å². The molecule has 0 saturated carbocycles. The number of aromatic nitrogens is 3. The summed E-state index contributed by atoms with van der Waals surface area (Å²) in [5, 5.41) is 4.46. The first-order chi connectivity index (χ1) is 9.17. The first-order valence-electron chi connectivity index (χ1n) is 6.20. The largest absolute Gasteiger partial charge is 0.289 e. The molecule has 0 aromatic carbocycles. The second-order valence-corrected chi connectivity index (χ2v) is 5.22. The number of rotatable bonds is 5. The molecule has 3 N–H and O–H groups in total. The van der Waals surface area contributed by atoms with Gasteiger partial charge < -0.3 is 0 Å². The van der Waals surface area contributed by atoms with Gasteiger partial charge in [-0.25, -0.2) is 15.5 Å². The standard InChI is InChI=1S/C12H17N5OS/c1-3-10-14-11(4-2)17(16-10)7-8-5-6-9(19-8)12(18)15-13/h5-6H,3-4,7,13H2,1-2H3,(H,15,18). The van der Waals surface area contributed by atoms with Gasteiger partial charge in [0.25, 0.3) is 5.91 Å². The second-order valence-electron chi connectivity index (χ2n) is 4.05. The number of nitrogens with two attached hydrogens (primary N) is 1. The van der Waals surface area contributed by atoms with Gasteiger partial charge in [-0.3, -0.25) is 10.2 Å². The van der Waals surface area contributed by atoms with Crippen LogP contribution in [0.4, 0.5) is 0 Å². The van der Waals surface area contributed by atoms with Gasteiger partial charge >= 0.3 is 0 Å². The molecular weight excluding hydrogens is 262 g/mol. The van der Waals surface area contributed by atoms with E-state index < -0.39 is 0 Å². The molecule has 2 rings (SSSR count). The number of amides is 1. The van der Waals surface area contributed by atoms with E-state index in [1.165, 1.54) is 11.3 Å². The van der Waals surface area contributed by atoms with Gasteiger partial charge in [0.1, 0.15) is 5.82 Å². The van der Waals surface area contributed by atoms with Gasteiger partial charge in [-0.15, -0.1) is 11.3 Å². The molecule has 2 heterocycles. The number of thiophene rings is 1. The third-order valence-corrected chi connectivity index (χ3v) is 3.82. The van der Waals surface area contributed by atoms with Gasteiger partial charge in [0.2, 0.25) is 0 Å². The number of hydrogen-bond donors (Lipinski definition) is 2. The van der Waals surface area contributed by atoms with E-state index in [0.29, 0.717) is 11.4 Å². The molecule has 0 aliphatic rings. The molecule has 102 valence electrons. The number of nitrogen functional groups attached to an aromatic ring is 1.